The van der Waals surface area contributed by atoms with Gasteiger partial charge in [-0.3, -0.25) is 0 Å². The van der Waals surface area contributed by atoms with Crippen molar-refractivity contribution in [1.29, 1.82) is 0 Å². The summed E-state index contributed by atoms with van der Waals surface area (Å²) in [6, 6.07) is 4.42. The van der Waals surface area contributed by atoms with Crippen LogP contribution in [0.2, 0.25) is 10.0 Å². The molecule has 0 aliphatic rings. The highest BCUT2D eigenvalue weighted by Gasteiger charge is 2.16. The molecule has 0 unspecified atom stereocenters. The number of fused-ring (bicyclic) bond motifs is 1. The molecule has 1 aromatic heterocycles. The Kier molecular flexibility index (Phi) is 3.35. The first-order valence-electron chi connectivity index (χ1n) is 4.79. The molecule has 0 aliphatic carbocycles. The number of benzene rings is 1. The summed E-state index contributed by atoms with van der Waals surface area (Å²) < 4.78 is 25.4. The minimum Gasteiger partial charge on any atom is -0.387 e. The minimum atomic E-state index is -2.65. The first-order valence-corrected chi connectivity index (χ1v) is 5.54. The quantitative estimate of drug-likeness (QED) is 0.872. The van der Waals surface area contributed by atoms with Crippen LogP contribution in [-0.4, -0.2) is 12.0 Å². The summed E-state index contributed by atoms with van der Waals surface area (Å²) in [4.78, 5) is 3.84. The van der Waals surface area contributed by atoms with E-state index in [1.54, 1.807) is 13.1 Å². The second-order valence-electron chi connectivity index (χ2n) is 3.40. The molecule has 0 bridgehead atoms. The van der Waals surface area contributed by atoms with Crippen molar-refractivity contribution in [2.75, 3.05) is 12.4 Å². The number of hydrogen-bond acceptors (Lipinski definition) is 2. The Morgan fingerprint density at radius 1 is 1.24 bits per heavy atom. The molecule has 90 valence electrons. The average Bonchev–Trinajstić information content (AvgIpc) is 2.32. The van der Waals surface area contributed by atoms with Crippen molar-refractivity contribution >= 4 is 39.8 Å². The van der Waals surface area contributed by atoms with Crippen LogP contribution in [0.5, 0.6) is 0 Å². The number of anilines is 1. The third kappa shape index (κ3) is 2.15. The molecular formula is C11H8Cl2F2N2. The molecule has 17 heavy (non-hydrogen) atoms. The van der Waals surface area contributed by atoms with E-state index in [1.807, 2.05) is 0 Å². The molecule has 0 fully saturated rings. The van der Waals surface area contributed by atoms with E-state index in [4.69, 9.17) is 23.2 Å². The summed E-state index contributed by atoms with van der Waals surface area (Å²) in [5.74, 6) is 0. The molecule has 0 spiro atoms. The molecular weight excluding hydrogens is 269 g/mol. The second-order valence-corrected chi connectivity index (χ2v) is 4.21. The van der Waals surface area contributed by atoms with Gasteiger partial charge in [-0.15, -0.1) is 0 Å². The van der Waals surface area contributed by atoms with Gasteiger partial charge in [0, 0.05) is 18.1 Å². The molecule has 0 saturated carbocycles. The summed E-state index contributed by atoms with van der Waals surface area (Å²) in [6.07, 6.45) is -2.65. The fourth-order valence-electron chi connectivity index (χ4n) is 1.60. The topological polar surface area (TPSA) is 24.9 Å². The van der Waals surface area contributed by atoms with Gasteiger partial charge in [0.2, 0.25) is 0 Å². The average molecular weight is 277 g/mol. The number of nitrogens with zero attached hydrogens (tertiary/aromatic N) is 1. The lowest BCUT2D eigenvalue weighted by atomic mass is 10.1. The van der Waals surface area contributed by atoms with Gasteiger partial charge >= 0.3 is 0 Å². The highest BCUT2D eigenvalue weighted by atomic mass is 35.5. The largest absolute Gasteiger partial charge is 0.387 e. The molecule has 1 N–H and O–H groups in total. The Labute approximate surface area is 107 Å². The third-order valence-corrected chi connectivity index (χ3v) is 2.99. The summed E-state index contributed by atoms with van der Waals surface area (Å²) in [5.41, 5.74) is 0.435. The summed E-state index contributed by atoms with van der Waals surface area (Å²) in [6.45, 7) is 0. The van der Waals surface area contributed by atoms with Gasteiger partial charge in [0.05, 0.1) is 15.6 Å². The molecule has 0 atom stereocenters. The molecule has 6 heteroatoms. The number of nitrogens with one attached hydrogen (secondary N) is 1. The van der Waals surface area contributed by atoms with Crippen LogP contribution >= 0.6 is 23.2 Å². The fourth-order valence-corrected chi connectivity index (χ4v) is 2.05. The van der Waals surface area contributed by atoms with E-state index in [0.717, 1.165) is 0 Å². The van der Waals surface area contributed by atoms with Gasteiger partial charge < -0.3 is 5.32 Å². The lowest BCUT2D eigenvalue weighted by Gasteiger charge is -2.11. The Balaban J connectivity index is 2.87. The molecule has 2 nitrogen and oxygen atoms in total. The smallest absolute Gasteiger partial charge is 0.280 e. The number of halogens is 4. The Bertz CT molecular complexity index is 573. The van der Waals surface area contributed by atoms with Gasteiger partial charge in [0.15, 0.2) is 0 Å². The summed E-state index contributed by atoms with van der Waals surface area (Å²) >= 11 is 12.0. The first kappa shape index (κ1) is 12.3. The molecule has 2 aromatic rings. The number of rotatable bonds is 2. The number of hydrogen-bond donors (Lipinski definition) is 1. The van der Waals surface area contributed by atoms with Gasteiger partial charge in [-0.1, -0.05) is 23.2 Å². The van der Waals surface area contributed by atoms with Gasteiger partial charge in [-0.25, -0.2) is 13.8 Å². The molecule has 2 rings (SSSR count). The van der Waals surface area contributed by atoms with E-state index in [9.17, 15) is 8.78 Å². The number of aromatic nitrogens is 1. The van der Waals surface area contributed by atoms with Crippen LogP contribution in [0.1, 0.15) is 12.1 Å². The third-order valence-electron chi connectivity index (χ3n) is 2.37. The lowest BCUT2D eigenvalue weighted by molar-refractivity contribution is 0.146. The zero-order chi connectivity index (χ0) is 12.6. The highest BCUT2D eigenvalue weighted by molar-refractivity contribution is 6.40. The molecule has 0 radical (unpaired) electrons. The monoisotopic (exact) mass is 276 g/mol. The van der Waals surface area contributed by atoms with Crippen molar-refractivity contribution in [3.8, 4) is 0 Å². The molecule has 1 aromatic carbocycles. The Morgan fingerprint density at radius 3 is 2.47 bits per heavy atom. The van der Waals surface area contributed by atoms with Crippen molar-refractivity contribution in [1.82, 2.24) is 4.98 Å². The summed E-state index contributed by atoms with van der Waals surface area (Å²) in [5, 5.41) is 4.08. The van der Waals surface area contributed by atoms with E-state index in [0.29, 0.717) is 21.1 Å². The van der Waals surface area contributed by atoms with Gasteiger partial charge in [0.25, 0.3) is 6.43 Å². The molecule has 1 heterocycles. The van der Waals surface area contributed by atoms with Crippen LogP contribution in [0.15, 0.2) is 18.2 Å². The van der Waals surface area contributed by atoms with E-state index < -0.39 is 6.43 Å². The van der Waals surface area contributed by atoms with E-state index in [1.165, 1.54) is 12.1 Å². The Morgan fingerprint density at radius 2 is 1.88 bits per heavy atom. The number of alkyl halides is 2. The van der Waals surface area contributed by atoms with Crippen LogP contribution < -0.4 is 5.32 Å². The van der Waals surface area contributed by atoms with Gasteiger partial charge in [-0.05, 0) is 18.2 Å². The predicted octanol–water partition coefficient (Wildman–Crippen LogP) is 4.52. The van der Waals surface area contributed by atoms with Crippen LogP contribution in [0.3, 0.4) is 0 Å². The van der Waals surface area contributed by atoms with Crippen molar-refractivity contribution in [2.24, 2.45) is 0 Å². The predicted molar refractivity (Wildman–Crippen MR) is 66.3 cm³/mol. The summed E-state index contributed by atoms with van der Waals surface area (Å²) in [7, 11) is 1.63. The van der Waals surface area contributed by atoms with Crippen LogP contribution in [0, 0.1) is 0 Å². The highest BCUT2D eigenvalue weighted by Crippen LogP contribution is 2.35. The van der Waals surface area contributed by atoms with Crippen molar-refractivity contribution < 1.29 is 8.78 Å². The van der Waals surface area contributed by atoms with Gasteiger partial charge in [0.1, 0.15) is 5.69 Å². The van der Waals surface area contributed by atoms with Crippen LogP contribution in [0.4, 0.5) is 14.5 Å². The molecule has 0 saturated heterocycles. The zero-order valence-electron chi connectivity index (χ0n) is 8.77. The van der Waals surface area contributed by atoms with Crippen LogP contribution in [-0.2, 0) is 0 Å². The minimum absolute atomic E-state index is 0.279. The zero-order valence-corrected chi connectivity index (χ0v) is 10.3. The first-order chi connectivity index (χ1) is 8.04. The van der Waals surface area contributed by atoms with E-state index in [-0.39, 0.29) is 11.2 Å². The normalized spacial score (nSPS) is 11.2. The lowest BCUT2D eigenvalue weighted by Crippen LogP contribution is -1.98. The van der Waals surface area contributed by atoms with Crippen molar-refractivity contribution in [2.45, 2.75) is 6.43 Å². The van der Waals surface area contributed by atoms with Crippen LogP contribution in [0.25, 0.3) is 10.9 Å². The SMILES string of the molecule is CNc1cc(C(F)F)nc2c(Cl)ccc(Cl)c12. The second kappa shape index (κ2) is 4.63. The maximum atomic E-state index is 12.7. The maximum absolute atomic E-state index is 12.7. The molecule has 0 aliphatic heterocycles. The molecule has 0 amide bonds. The number of pyridine rings is 1. The van der Waals surface area contributed by atoms with Gasteiger partial charge in [-0.2, -0.15) is 0 Å². The van der Waals surface area contributed by atoms with E-state index >= 15 is 0 Å². The van der Waals surface area contributed by atoms with E-state index in [2.05, 4.69) is 10.3 Å². The maximum Gasteiger partial charge on any atom is 0.280 e. The fraction of sp³-hybridized carbons (Fsp3) is 0.182. The van der Waals surface area contributed by atoms with Crippen molar-refractivity contribution in [3.63, 3.8) is 0 Å². The standard InChI is InChI=1S/C11H8Cl2F2N2/c1-16-7-4-8(11(14)15)17-10-6(13)3-2-5(12)9(7)10/h2-4,11H,1H3,(H,16,17). The Hall–Kier alpha value is -1.13. The van der Waals surface area contributed by atoms with Crippen molar-refractivity contribution in [3.05, 3.63) is 33.9 Å².